The third kappa shape index (κ3) is 4.04. The lowest BCUT2D eigenvalue weighted by Crippen LogP contribution is -2.19. The molecule has 0 saturated carbocycles. The molecule has 2 aromatic carbocycles. The van der Waals surface area contributed by atoms with Crippen LogP contribution in [-0.2, 0) is 0 Å². The average Bonchev–Trinajstić information content (AvgIpc) is 3.42. The van der Waals surface area contributed by atoms with Crippen LogP contribution in [0, 0.1) is 0 Å². The molecule has 0 spiro atoms. The van der Waals surface area contributed by atoms with Crippen LogP contribution in [0.1, 0.15) is 55.1 Å². The first-order valence-corrected chi connectivity index (χ1v) is 10.5. The van der Waals surface area contributed by atoms with Gasteiger partial charge < -0.3 is 9.47 Å². The maximum Gasteiger partial charge on any atom is 0.271 e. The van der Waals surface area contributed by atoms with Gasteiger partial charge in [0.1, 0.15) is 0 Å². The van der Waals surface area contributed by atoms with Gasteiger partial charge in [-0.05, 0) is 56.5 Å². The van der Waals surface area contributed by atoms with Gasteiger partial charge in [0.2, 0.25) is 0 Å². The van der Waals surface area contributed by atoms with Gasteiger partial charge in [-0.2, -0.15) is 5.10 Å². The number of carbonyl (C=O) groups excluding carboxylic acids is 1. The first-order chi connectivity index (χ1) is 14.2. The summed E-state index contributed by atoms with van der Waals surface area (Å²) < 4.78 is 2.27. The zero-order chi connectivity index (χ0) is 20.2. The molecule has 4 rings (SSSR count). The molecule has 1 amide bonds. The summed E-state index contributed by atoms with van der Waals surface area (Å²) in [4.78, 5) is 14.8. The van der Waals surface area contributed by atoms with Crippen molar-refractivity contribution in [3.63, 3.8) is 0 Å². The van der Waals surface area contributed by atoms with E-state index in [1.807, 2.05) is 30.3 Å². The number of hydrazone groups is 1. The van der Waals surface area contributed by atoms with Gasteiger partial charge in [0, 0.05) is 53.0 Å². The maximum atomic E-state index is 12.4. The SMILES string of the molecule is CC[C@H](C)n1cc(/C=N\NC(=O)c2ccc(N3CCCC3)cc2)c2ccccc21. The van der Waals surface area contributed by atoms with Gasteiger partial charge in [-0.25, -0.2) is 5.43 Å². The molecule has 1 fully saturated rings. The summed E-state index contributed by atoms with van der Waals surface area (Å²) in [6, 6.07) is 16.5. The monoisotopic (exact) mass is 388 g/mol. The van der Waals surface area contributed by atoms with Crippen molar-refractivity contribution in [1.82, 2.24) is 9.99 Å². The Morgan fingerprint density at radius 1 is 1.14 bits per heavy atom. The molecule has 0 aliphatic carbocycles. The smallest absolute Gasteiger partial charge is 0.271 e. The van der Waals surface area contributed by atoms with Crippen molar-refractivity contribution in [2.75, 3.05) is 18.0 Å². The Bertz CT molecular complexity index is 1010. The number of fused-ring (bicyclic) bond motifs is 1. The molecule has 3 aromatic rings. The number of nitrogens with one attached hydrogen (secondary N) is 1. The fourth-order valence-corrected chi connectivity index (χ4v) is 3.92. The van der Waals surface area contributed by atoms with Crippen LogP contribution in [0.15, 0.2) is 59.8 Å². The predicted molar refractivity (Wildman–Crippen MR) is 120 cm³/mol. The normalized spacial score (nSPS) is 15.3. The molecule has 29 heavy (non-hydrogen) atoms. The first-order valence-electron chi connectivity index (χ1n) is 10.5. The highest BCUT2D eigenvalue weighted by Crippen LogP contribution is 2.25. The molecule has 1 aromatic heterocycles. The Kier molecular flexibility index (Phi) is 5.65. The molecule has 0 bridgehead atoms. The van der Waals surface area contributed by atoms with Gasteiger partial charge >= 0.3 is 0 Å². The van der Waals surface area contributed by atoms with Gasteiger partial charge in [-0.1, -0.05) is 25.1 Å². The second-order valence-electron chi connectivity index (χ2n) is 7.71. The van der Waals surface area contributed by atoms with Crippen molar-refractivity contribution in [2.45, 2.75) is 39.2 Å². The highest BCUT2D eigenvalue weighted by molar-refractivity contribution is 6.00. The van der Waals surface area contributed by atoms with E-state index in [0.717, 1.165) is 30.5 Å². The first kappa shape index (κ1) is 19.2. The molecule has 0 radical (unpaired) electrons. The van der Waals surface area contributed by atoms with Crippen molar-refractivity contribution >= 4 is 28.7 Å². The van der Waals surface area contributed by atoms with E-state index in [-0.39, 0.29) is 5.91 Å². The molecule has 2 heterocycles. The van der Waals surface area contributed by atoms with Crippen molar-refractivity contribution < 1.29 is 4.79 Å². The molecule has 1 N–H and O–H groups in total. The van der Waals surface area contributed by atoms with Crippen LogP contribution in [0.2, 0.25) is 0 Å². The minimum absolute atomic E-state index is 0.195. The Morgan fingerprint density at radius 2 is 1.86 bits per heavy atom. The fourth-order valence-electron chi connectivity index (χ4n) is 3.92. The third-order valence-electron chi connectivity index (χ3n) is 5.81. The van der Waals surface area contributed by atoms with E-state index in [0.29, 0.717) is 11.6 Å². The second kappa shape index (κ2) is 8.52. The second-order valence-corrected chi connectivity index (χ2v) is 7.71. The quantitative estimate of drug-likeness (QED) is 0.478. The molecular formula is C24H28N4O. The summed E-state index contributed by atoms with van der Waals surface area (Å²) in [5, 5.41) is 5.36. The number of nitrogens with zero attached hydrogens (tertiary/aromatic N) is 3. The van der Waals surface area contributed by atoms with Crippen LogP contribution < -0.4 is 10.3 Å². The summed E-state index contributed by atoms with van der Waals surface area (Å²) >= 11 is 0. The van der Waals surface area contributed by atoms with Crippen molar-refractivity contribution in [1.29, 1.82) is 0 Å². The van der Waals surface area contributed by atoms with Gasteiger partial charge in [-0.15, -0.1) is 0 Å². The van der Waals surface area contributed by atoms with Crippen LogP contribution in [0.3, 0.4) is 0 Å². The number of aromatic nitrogens is 1. The van der Waals surface area contributed by atoms with Crippen molar-refractivity contribution in [3.8, 4) is 0 Å². The molecule has 1 atom stereocenters. The fraction of sp³-hybridized carbons (Fsp3) is 0.333. The number of benzene rings is 2. The lowest BCUT2D eigenvalue weighted by atomic mass is 10.2. The largest absolute Gasteiger partial charge is 0.372 e. The van der Waals surface area contributed by atoms with Gasteiger partial charge in [0.15, 0.2) is 0 Å². The minimum Gasteiger partial charge on any atom is -0.372 e. The zero-order valence-electron chi connectivity index (χ0n) is 17.1. The lowest BCUT2D eigenvalue weighted by molar-refractivity contribution is 0.0955. The molecule has 5 nitrogen and oxygen atoms in total. The van der Waals surface area contributed by atoms with Crippen LogP contribution in [0.5, 0.6) is 0 Å². The summed E-state index contributed by atoms with van der Waals surface area (Å²) in [6.45, 7) is 6.59. The maximum absolute atomic E-state index is 12.4. The molecular weight excluding hydrogens is 360 g/mol. The summed E-state index contributed by atoms with van der Waals surface area (Å²) in [5.41, 5.74) is 6.65. The molecule has 0 unspecified atom stereocenters. The van der Waals surface area contributed by atoms with Gasteiger partial charge in [0.05, 0.1) is 6.21 Å². The van der Waals surface area contributed by atoms with Crippen molar-refractivity contribution in [2.24, 2.45) is 5.10 Å². The molecule has 1 aliphatic rings. The zero-order valence-corrected chi connectivity index (χ0v) is 17.1. The Labute approximate surface area is 172 Å². The Morgan fingerprint density at radius 3 is 2.59 bits per heavy atom. The number of anilines is 1. The molecule has 1 saturated heterocycles. The number of hydrogen-bond donors (Lipinski definition) is 1. The van der Waals surface area contributed by atoms with E-state index in [4.69, 9.17) is 0 Å². The van der Waals surface area contributed by atoms with Crippen LogP contribution >= 0.6 is 0 Å². The van der Waals surface area contributed by atoms with E-state index in [2.05, 4.69) is 58.2 Å². The Hall–Kier alpha value is -3.08. The van der Waals surface area contributed by atoms with Crippen LogP contribution in [-0.4, -0.2) is 29.8 Å². The number of amides is 1. The van der Waals surface area contributed by atoms with Crippen LogP contribution in [0.25, 0.3) is 10.9 Å². The molecule has 1 aliphatic heterocycles. The van der Waals surface area contributed by atoms with Gasteiger partial charge in [-0.3, -0.25) is 4.79 Å². The average molecular weight is 389 g/mol. The number of carbonyl (C=O) groups is 1. The van der Waals surface area contributed by atoms with E-state index in [1.165, 1.54) is 24.0 Å². The highest BCUT2D eigenvalue weighted by Gasteiger charge is 2.13. The van der Waals surface area contributed by atoms with Crippen LogP contribution in [0.4, 0.5) is 5.69 Å². The van der Waals surface area contributed by atoms with E-state index >= 15 is 0 Å². The van der Waals surface area contributed by atoms with Gasteiger partial charge in [0.25, 0.3) is 5.91 Å². The molecule has 150 valence electrons. The van der Waals surface area contributed by atoms with E-state index < -0.39 is 0 Å². The minimum atomic E-state index is -0.195. The van der Waals surface area contributed by atoms with E-state index in [9.17, 15) is 4.79 Å². The Balaban J connectivity index is 1.46. The van der Waals surface area contributed by atoms with Crippen molar-refractivity contribution in [3.05, 3.63) is 65.9 Å². The highest BCUT2D eigenvalue weighted by atomic mass is 16.2. The standard InChI is InChI=1S/C24H28N4O/c1-3-18(2)28-17-20(22-8-4-5-9-23(22)28)16-25-26-24(29)19-10-12-21(13-11-19)27-14-6-7-15-27/h4-5,8-13,16-18H,3,6-7,14-15H2,1-2H3,(H,26,29)/b25-16-/t18-/m0/s1. The summed E-state index contributed by atoms with van der Waals surface area (Å²) in [7, 11) is 0. The van der Waals surface area contributed by atoms with E-state index in [1.54, 1.807) is 6.21 Å². The number of para-hydroxylation sites is 1. The predicted octanol–water partition coefficient (Wildman–Crippen LogP) is 4.98. The molecule has 5 heteroatoms. The number of hydrogen-bond acceptors (Lipinski definition) is 3. The number of rotatable bonds is 6. The third-order valence-corrected chi connectivity index (χ3v) is 5.81. The summed E-state index contributed by atoms with van der Waals surface area (Å²) in [5.74, 6) is -0.195. The lowest BCUT2D eigenvalue weighted by Gasteiger charge is -2.17. The topological polar surface area (TPSA) is 49.6 Å². The summed E-state index contributed by atoms with van der Waals surface area (Å²) in [6.07, 6.45) is 7.38.